The fourth-order valence-electron chi connectivity index (χ4n) is 3.76. The fourth-order valence-corrected chi connectivity index (χ4v) is 4.55. The summed E-state index contributed by atoms with van der Waals surface area (Å²) in [6.07, 6.45) is 10.5. The van der Waals surface area contributed by atoms with Crippen LogP contribution in [0.5, 0.6) is 5.75 Å². The smallest absolute Gasteiger partial charge is 0.259 e. The molecule has 0 bridgehead atoms. The Morgan fingerprint density at radius 1 is 1.10 bits per heavy atom. The summed E-state index contributed by atoms with van der Waals surface area (Å²) in [5.41, 5.74) is 10.9. The quantitative estimate of drug-likeness (QED) is 0.287. The van der Waals surface area contributed by atoms with Gasteiger partial charge in [-0.25, -0.2) is 9.97 Å². The highest BCUT2D eigenvalue weighted by atomic mass is 32.1. The van der Waals surface area contributed by atoms with E-state index in [2.05, 4.69) is 35.2 Å². The summed E-state index contributed by atoms with van der Waals surface area (Å²) in [4.78, 5) is 40.5. The van der Waals surface area contributed by atoms with E-state index < -0.39 is 0 Å². The third kappa shape index (κ3) is 6.61. The summed E-state index contributed by atoms with van der Waals surface area (Å²) in [5.74, 6) is 0.896. The molecule has 1 aliphatic carbocycles. The normalized spacial score (nSPS) is 13.3. The number of nitrogens with one attached hydrogen (secondary N) is 1. The van der Waals surface area contributed by atoms with E-state index in [1.165, 1.54) is 30.4 Å². The summed E-state index contributed by atoms with van der Waals surface area (Å²) in [7, 11) is 1.57. The summed E-state index contributed by atoms with van der Waals surface area (Å²) >= 11 is 1.23. The number of anilines is 1. The monoisotopic (exact) mass is 544 g/mol. The molecule has 0 aliphatic heterocycles. The number of thiazole rings is 1. The van der Waals surface area contributed by atoms with Gasteiger partial charge in [0.2, 0.25) is 0 Å². The van der Waals surface area contributed by atoms with Gasteiger partial charge >= 0.3 is 0 Å². The Balaban J connectivity index is 0.00000172. The lowest BCUT2D eigenvalue weighted by atomic mass is 9.99. The molecule has 0 aromatic carbocycles. The van der Waals surface area contributed by atoms with Crippen LogP contribution in [0.15, 0.2) is 41.9 Å². The van der Waals surface area contributed by atoms with E-state index in [0.717, 1.165) is 23.5 Å². The number of amides is 1. The maximum atomic E-state index is 13.4. The minimum atomic E-state index is -0.354. The van der Waals surface area contributed by atoms with Crippen LogP contribution in [0.25, 0.3) is 27.2 Å². The molecule has 1 fully saturated rings. The largest absolute Gasteiger partial charge is 0.494 e. The molecule has 0 atom stereocenters. The Morgan fingerprint density at radius 3 is 2.51 bits per heavy atom. The lowest BCUT2D eigenvalue weighted by Gasteiger charge is -2.13. The number of aryl methyl sites for hydroxylation is 2. The number of aromatic nitrogens is 5. The number of allylic oxidation sites excluding steroid dienone is 1. The molecular weight excluding hydrogens is 512 g/mol. The van der Waals surface area contributed by atoms with E-state index in [1.807, 2.05) is 39.8 Å². The van der Waals surface area contributed by atoms with Gasteiger partial charge in [0, 0.05) is 53.2 Å². The lowest BCUT2D eigenvalue weighted by Crippen LogP contribution is -2.14. The number of pyridine rings is 2. The Kier molecular flexibility index (Phi) is 8.92. The van der Waals surface area contributed by atoms with E-state index in [0.29, 0.717) is 49.7 Å². The molecule has 10 nitrogen and oxygen atoms in total. The first-order chi connectivity index (χ1) is 18.9. The summed E-state index contributed by atoms with van der Waals surface area (Å²) in [5, 5.41) is 3.25. The minimum absolute atomic E-state index is 0.354. The van der Waals surface area contributed by atoms with Crippen molar-refractivity contribution in [3.8, 4) is 16.9 Å². The molecule has 4 heterocycles. The van der Waals surface area contributed by atoms with Gasteiger partial charge in [-0.2, -0.15) is 4.98 Å². The van der Waals surface area contributed by atoms with Crippen LogP contribution in [-0.2, 0) is 0 Å². The Bertz CT molecular complexity index is 1540. The Labute approximate surface area is 231 Å². The van der Waals surface area contributed by atoms with Crippen molar-refractivity contribution in [1.29, 1.82) is 0 Å². The second-order valence-electron chi connectivity index (χ2n) is 8.81. The molecule has 4 aromatic rings. The maximum absolute atomic E-state index is 13.4. The van der Waals surface area contributed by atoms with Crippen molar-refractivity contribution in [3.63, 3.8) is 0 Å². The maximum Gasteiger partial charge on any atom is 0.259 e. The van der Waals surface area contributed by atoms with Gasteiger partial charge in [0.1, 0.15) is 5.75 Å². The van der Waals surface area contributed by atoms with Crippen molar-refractivity contribution in [1.82, 2.24) is 24.9 Å². The van der Waals surface area contributed by atoms with Gasteiger partial charge in [-0.15, -0.1) is 0 Å². The Morgan fingerprint density at radius 2 is 1.82 bits per heavy atom. The number of ether oxygens (including phenoxy) is 1. The summed E-state index contributed by atoms with van der Waals surface area (Å²) < 4.78 is 5.50. The molecule has 4 aromatic heterocycles. The number of nitrogens with two attached hydrogens (primary N) is 1. The highest BCUT2D eigenvalue weighted by Crippen LogP contribution is 2.33. The molecule has 1 amide bonds. The van der Waals surface area contributed by atoms with Crippen molar-refractivity contribution >= 4 is 44.6 Å². The fraction of sp³-hybridized carbons (Fsp3) is 0.321. The van der Waals surface area contributed by atoms with Gasteiger partial charge in [0.25, 0.3) is 5.91 Å². The van der Waals surface area contributed by atoms with Crippen LogP contribution in [0.2, 0.25) is 0 Å². The number of carbonyl (C=O) groups excluding carboxylic acids is 1. The van der Waals surface area contributed by atoms with Crippen LogP contribution in [0.4, 0.5) is 5.13 Å². The highest BCUT2D eigenvalue weighted by molar-refractivity contribution is 7.21. The molecule has 3 N–H and O–H groups in total. The molecule has 0 radical (unpaired) electrons. The predicted octanol–water partition coefficient (Wildman–Crippen LogP) is 5.23. The number of nitrogens with zero attached hydrogens (tertiary/aromatic N) is 6. The average Bonchev–Trinajstić information content (AvgIpc) is 3.69. The van der Waals surface area contributed by atoms with Crippen LogP contribution in [0, 0.1) is 19.8 Å². The third-order valence-electron chi connectivity index (χ3n) is 5.91. The zero-order valence-corrected chi connectivity index (χ0v) is 23.5. The molecule has 5 rings (SSSR count). The van der Waals surface area contributed by atoms with E-state index in [9.17, 15) is 4.79 Å². The highest BCUT2D eigenvalue weighted by Gasteiger charge is 2.21. The SMILES string of the molecule is CC.COc1cnc(C)cc1-c1cc(C)ncc1C(=O)Nc1nc2ncc(/C(C=NCC3CC3)=C/N)nc2s1. The van der Waals surface area contributed by atoms with Crippen LogP contribution in [-0.4, -0.2) is 50.7 Å². The first-order valence-electron chi connectivity index (χ1n) is 12.8. The number of fused-ring (bicyclic) bond motifs is 1. The van der Waals surface area contributed by atoms with Gasteiger partial charge in [0.05, 0.1) is 30.8 Å². The number of methoxy groups -OCH3 is 1. The van der Waals surface area contributed by atoms with Crippen LogP contribution >= 0.6 is 11.3 Å². The number of carbonyl (C=O) groups is 1. The first-order valence-corrected chi connectivity index (χ1v) is 13.6. The number of rotatable bonds is 8. The van der Waals surface area contributed by atoms with Crippen molar-refractivity contribution < 1.29 is 9.53 Å². The number of aliphatic imine (C=N–C) groups is 1. The van der Waals surface area contributed by atoms with Crippen molar-refractivity contribution in [3.05, 3.63) is 59.6 Å². The van der Waals surface area contributed by atoms with Crippen LogP contribution in [0.3, 0.4) is 0 Å². The van der Waals surface area contributed by atoms with E-state index in [-0.39, 0.29) is 5.91 Å². The topological polar surface area (TPSA) is 141 Å². The van der Waals surface area contributed by atoms with E-state index in [1.54, 1.807) is 31.9 Å². The lowest BCUT2D eigenvalue weighted by molar-refractivity contribution is 0.102. The molecule has 1 aliphatic rings. The van der Waals surface area contributed by atoms with Crippen LogP contribution in [0.1, 0.15) is 54.1 Å². The van der Waals surface area contributed by atoms with Crippen molar-refractivity contribution in [2.24, 2.45) is 16.6 Å². The van der Waals surface area contributed by atoms with E-state index >= 15 is 0 Å². The molecule has 0 spiro atoms. The zero-order valence-electron chi connectivity index (χ0n) is 22.7. The third-order valence-corrected chi connectivity index (χ3v) is 6.76. The molecule has 39 heavy (non-hydrogen) atoms. The van der Waals surface area contributed by atoms with Crippen molar-refractivity contribution in [2.45, 2.75) is 40.5 Å². The zero-order chi connectivity index (χ0) is 27.9. The first kappa shape index (κ1) is 27.8. The average molecular weight is 545 g/mol. The molecular formula is C28H32N8O2S. The van der Waals surface area contributed by atoms with Gasteiger partial charge in [-0.05, 0) is 44.7 Å². The van der Waals surface area contributed by atoms with Crippen LogP contribution < -0.4 is 15.8 Å². The number of hydrogen-bond donors (Lipinski definition) is 2. The molecule has 0 saturated heterocycles. The molecule has 202 valence electrons. The van der Waals surface area contributed by atoms with Crippen molar-refractivity contribution in [2.75, 3.05) is 19.0 Å². The predicted molar refractivity (Wildman–Crippen MR) is 156 cm³/mol. The minimum Gasteiger partial charge on any atom is -0.494 e. The van der Waals surface area contributed by atoms with Gasteiger partial charge in [0.15, 0.2) is 15.6 Å². The second-order valence-corrected chi connectivity index (χ2v) is 9.79. The van der Waals surface area contributed by atoms with Gasteiger partial charge in [-0.1, -0.05) is 25.2 Å². The number of hydrogen-bond acceptors (Lipinski definition) is 10. The summed E-state index contributed by atoms with van der Waals surface area (Å²) in [6, 6.07) is 3.74. The van der Waals surface area contributed by atoms with Gasteiger partial charge < -0.3 is 10.5 Å². The standard InChI is InChI=1S/C26H26N8O2S.C2H6/c1-14-6-18(19-7-15(2)30-13-22(19)36-3)20(11-29-14)24(35)34-26-33-23-25(37-26)32-21(12-31-23)17(8-27)10-28-9-16-4-5-16;1-2/h6-8,10-13,16H,4-5,9,27H2,1-3H3,(H,31,33,34,35);1-2H3/b17-8+,28-10?;. The van der Waals surface area contributed by atoms with E-state index in [4.69, 9.17) is 10.5 Å². The second kappa shape index (κ2) is 12.5. The molecule has 11 heteroatoms. The molecule has 0 unspecified atom stereocenters. The van der Waals surface area contributed by atoms with Gasteiger partial charge in [-0.3, -0.25) is 25.1 Å². The molecule has 1 saturated carbocycles. The summed E-state index contributed by atoms with van der Waals surface area (Å²) in [6.45, 7) is 8.55. The Hall–Kier alpha value is -4.25.